The van der Waals surface area contributed by atoms with Crippen LogP contribution in [-0.4, -0.2) is 13.1 Å². The molecule has 0 spiro atoms. The van der Waals surface area contributed by atoms with Crippen molar-refractivity contribution in [2.75, 3.05) is 13.1 Å². The number of piperidine rings is 1. The number of aryl methyl sites for hydroxylation is 1. The number of hydrogen-bond donors (Lipinski definition) is 1. The summed E-state index contributed by atoms with van der Waals surface area (Å²) in [5.74, 6) is 0.948. The van der Waals surface area contributed by atoms with E-state index in [1.54, 1.807) is 6.26 Å². The summed E-state index contributed by atoms with van der Waals surface area (Å²) in [6.45, 7) is 2.43. The molecule has 1 aliphatic heterocycles. The summed E-state index contributed by atoms with van der Waals surface area (Å²) in [4.78, 5) is 0. The molecule has 2 aromatic rings. The Kier molecular flexibility index (Phi) is 3.65. The van der Waals surface area contributed by atoms with Crippen LogP contribution in [0.15, 0.2) is 34.9 Å². The molecule has 1 aliphatic rings. The van der Waals surface area contributed by atoms with E-state index < -0.39 is 0 Å². The van der Waals surface area contributed by atoms with E-state index in [-0.39, 0.29) is 0 Å². The minimum absolute atomic E-state index is 0.948. The first-order chi connectivity index (χ1) is 8.92. The van der Waals surface area contributed by atoms with Crippen LogP contribution in [0.3, 0.4) is 0 Å². The fourth-order valence-electron chi connectivity index (χ4n) is 2.94. The molecule has 1 aromatic carbocycles. The molecule has 0 bridgehead atoms. The van der Waals surface area contributed by atoms with Crippen LogP contribution in [0.5, 0.6) is 0 Å². The van der Waals surface area contributed by atoms with Gasteiger partial charge in [0.15, 0.2) is 0 Å². The zero-order valence-electron chi connectivity index (χ0n) is 10.8. The minimum Gasteiger partial charge on any atom is -0.464 e. The molecule has 0 unspecified atom stereocenters. The third-order valence-electron chi connectivity index (χ3n) is 4.05. The molecule has 0 amide bonds. The lowest BCUT2D eigenvalue weighted by Gasteiger charge is -2.22. The predicted molar refractivity (Wildman–Crippen MR) is 74.7 cm³/mol. The van der Waals surface area contributed by atoms with Crippen molar-refractivity contribution in [2.45, 2.75) is 32.1 Å². The second-order valence-corrected chi connectivity index (χ2v) is 5.38. The second-order valence-electron chi connectivity index (χ2n) is 5.38. The molecule has 2 heterocycles. The highest BCUT2D eigenvalue weighted by Gasteiger charge is 2.12. The fourth-order valence-corrected chi connectivity index (χ4v) is 2.94. The molecule has 3 rings (SSSR count). The molecular weight excluding hydrogens is 222 g/mol. The minimum atomic E-state index is 0.948. The van der Waals surface area contributed by atoms with Gasteiger partial charge in [0.2, 0.25) is 0 Å². The van der Waals surface area contributed by atoms with E-state index in [0.29, 0.717) is 0 Å². The van der Waals surface area contributed by atoms with Crippen LogP contribution in [0.25, 0.3) is 11.0 Å². The molecule has 18 heavy (non-hydrogen) atoms. The second kappa shape index (κ2) is 5.57. The Bertz CT molecular complexity index is 497. The van der Waals surface area contributed by atoms with Crippen LogP contribution in [0.4, 0.5) is 0 Å². The first kappa shape index (κ1) is 11.8. The van der Waals surface area contributed by atoms with E-state index >= 15 is 0 Å². The first-order valence-electron chi connectivity index (χ1n) is 7.09. The van der Waals surface area contributed by atoms with Crippen molar-refractivity contribution in [3.8, 4) is 0 Å². The standard InChI is InChI=1S/C16H21NO/c1(2-13-6-9-17-10-7-13)3-14-4-5-16-15(12-14)8-11-18-16/h4-5,8,11-13,17H,1-3,6-7,9-10H2. The van der Waals surface area contributed by atoms with Crippen molar-refractivity contribution in [2.24, 2.45) is 5.92 Å². The van der Waals surface area contributed by atoms with E-state index in [1.807, 2.05) is 6.07 Å². The van der Waals surface area contributed by atoms with Gasteiger partial charge in [-0.2, -0.15) is 0 Å². The Labute approximate surface area is 108 Å². The summed E-state index contributed by atoms with van der Waals surface area (Å²) in [7, 11) is 0. The highest BCUT2D eigenvalue weighted by atomic mass is 16.3. The number of hydrogen-bond acceptors (Lipinski definition) is 2. The zero-order valence-corrected chi connectivity index (χ0v) is 10.8. The van der Waals surface area contributed by atoms with E-state index in [0.717, 1.165) is 11.5 Å². The van der Waals surface area contributed by atoms with Gasteiger partial charge in [0.25, 0.3) is 0 Å². The topological polar surface area (TPSA) is 25.2 Å². The lowest BCUT2D eigenvalue weighted by molar-refractivity contribution is 0.347. The molecule has 0 radical (unpaired) electrons. The van der Waals surface area contributed by atoms with Gasteiger partial charge in [-0.15, -0.1) is 0 Å². The zero-order chi connectivity index (χ0) is 12.2. The Hall–Kier alpha value is -1.28. The van der Waals surface area contributed by atoms with Gasteiger partial charge in [0.05, 0.1) is 6.26 Å². The largest absolute Gasteiger partial charge is 0.464 e. The maximum atomic E-state index is 5.37. The monoisotopic (exact) mass is 243 g/mol. The van der Waals surface area contributed by atoms with Crippen molar-refractivity contribution in [1.29, 1.82) is 0 Å². The van der Waals surface area contributed by atoms with Gasteiger partial charge >= 0.3 is 0 Å². The molecule has 1 N–H and O–H groups in total. The lowest BCUT2D eigenvalue weighted by atomic mass is 9.91. The molecule has 0 aliphatic carbocycles. The Balaban J connectivity index is 1.52. The number of nitrogens with one attached hydrogen (secondary N) is 1. The molecule has 1 fully saturated rings. The molecule has 0 saturated carbocycles. The molecule has 0 atom stereocenters. The molecular formula is C16H21NO. The average molecular weight is 243 g/mol. The fraction of sp³-hybridized carbons (Fsp3) is 0.500. The van der Waals surface area contributed by atoms with Gasteiger partial charge in [-0.1, -0.05) is 12.5 Å². The van der Waals surface area contributed by atoms with Crippen molar-refractivity contribution in [3.63, 3.8) is 0 Å². The van der Waals surface area contributed by atoms with Crippen LogP contribution in [0.1, 0.15) is 31.2 Å². The summed E-state index contributed by atoms with van der Waals surface area (Å²) < 4.78 is 5.37. The summed E-state index contributed by atoms with van der Waals surface area (Å²) in [6.07, 6.45) is 8.38. The van der Waals surface area contributed by atoms with Crippen LogP contribution < -0.4 is 5.32 Å². The SMILES string of the molecule is c1cc2cc(CCCC3CCNCC3)ccc2o1. The molecule has 1 aromatic heterocycles. The van der Waals surface area contributed by atoms with Gasteiger partial charge in [-0.25, -0.2) is 0 Å². The number of benzene rings is 1. The van der Waals surface area contributed by atoms with Crippen molar-refractivity contribution >= 4 is 11.0 Å². The lowest BCUT2D eigenvalue weighted by Crippen LogP contribution is -2.27. The smallest absolute Gasteiger partial charge is 0.133 e. The van der Waals surface area contributed by atoms with E-state index in [9.17, 15) is 0 Å². The van der Waals surface area contributed by atoms with E-state index in [4.69, 9.17) is 4.42 Å². The summed E-state index contributed by atoms with van der Waals surface area (Å²) in [5, 5.41) is 4.66. The Morgan fingerprint density at radius 1 is 1.17 bits per heavy atom. The third kappa shape index (κ3) is 2.75. The van der Waals surface area contributed by atoms with Gasteiger partial charge in [0, 0.05) is 5.39 Å². The van der Waals surface area contributed by atoms with Crippen molar-refractivity contribution < 1.29 is 4.42 Å². The molecule has 2 nitrogen and oxygen atoms in total. The van der Waals surface area contributed by atoms with Gasteiger partial charge in [-0.3, -0.25) is 0 Å². The molecule has 2 heteroatoms. The Morgan fingerprint density at radius 3 is 2.94 bits per heavy atom. The number of fused-ring (bicyclic) bond motifs is 1. The number of furan rings is 1. The maximum Gasteiger partial charge on any atom is 0.133 e. The van der Waals surface area contributed by atoms with Gasteiger partial charge in [-0.05, 0) is 68.5 Å². The Morgan fingerprint density at radius 2 is 2.06 bits per heavy atom. The first-order valence-corrected chi connectivity index (χ1v) is 7.09. The summed E-state index contributed by atoms with van der Waals surface area (Å²) in [5.41, 5.74) is 2.44. The van der Waals surface area contributed by atoms with E-state index in [2.05, 4.69) is 23.5 Å². The van der Waals surface area contributed by atoms with Crippen LogP contribution >= 0.6 is 0 Å². The summed E-state index contributed by atoms with van der Waals surface area (Å²) >= 11 is 0. The maximum absolute atomic E-state index is 5.37. The van der Waals surface area contributed by atoms with Crippen molar-refractivity contribution in [3.05, 3.63) is 36.1 Å². The number of rotatable bonds is 4. The van der Waals surface area contributed by atoms with Gasteiger partial charge < -0.3 is 9.73 Å². The summed E-state index contributed by atoms with van der Waals surface area (Å²) in [6, 6.07) is 8.61. The van der Waals surface area contributed by atoms with Crippen LogP contribution in [-0.2, 0) is 6.42 Å². The normalized spacial score (nSPS) is 17.3. The van der Waals surface area contributed by atoms with E-state index in [1.165, 1.54) is 56.1 Å². The quantitative estimate of drug-likeness (QED) is 0.884. The third-order valence-corrected chi connectivity index (χ3v) is 4.05. The molecule has 1 saturated heterocycles. The van der Waals surface area contributed by atoms with Gasteiger partial charge in [0.1, 0.15) is 5.58 Å². The highest BCUT2D eigenvalue weighted by Crippen LogP contribution is 2.21. The predicted octanol–water partition coefficient (Wildman–Crippen LogP) is 3.76. The van der Waals surface area contributed by atoms with Crippen LogP contribution in [0, 0.1) is 5.92 Å². The average Bonchev–Trinajstić information content (AvgIpc) is 2.87. The highest BCUT2D eigenvalue weighted by molar-refractivity contribution is 5.77. The van der Waals surface area contributed by atoms with Crippen LogP contribution in [0.2, 0.25) is 0 Å². The molecule has 96 valence electrons. The van der Waals surface area contributed by atoms with Crippen molar-refractivity contribution in [1.82, 2.24) is 5.32 Å².